The van der Waals surface area contributed by atoms with E-state index in [1.54, 1.807) is 83.7 Å². The van der Waals surface area contributed by atoms with Crippen LogP contribution in [0.25, 0.3) is 0 Å². The first kappa shape index (κ1) is 44.4. The predicted molar refractivity (Wildman–Crippen MR) is 221 cm³/mol. The molecule has 0 aromatic carbocycles. The standard InChI is InChI=1S/C38H49N15O8/c1-38(2,3)61-37(60)45-24(32(55)48-27-19-49(4)21-42-27)9-11-40-33(56)25-16-23(18-52(25)7)44-36(59)31-47-28(20-53(31)8)46-29(54)10-12-41-34(57)26-15-22(17-51(26)6)43-35(58)30-39-13-14-50(30)5/h13-21,24H,9-12H2,1-8H3,(H,40,56)(H,41,57)(H,43,58)(H,44,59)(H,45,60)(H,46,54)(H,48,55)/t24-/m1/s1. The van der Waals surface area contributed by atoms with Crippen LogP contribution in [0.2, 0.25) is 0 Å². The molecule has 23 heteroatoms. The van der Waals surface area contributed by atoms with Gasteiger partial charge in [-0.05, 0) is 39.3 Å². The van der Waals surface area contributed by atoms with E-state index in [4.69, 9.17) is 4.74 Å². The van der Waals surface area contributed by atoms with Gasteiger partial charge in [0.15, 0.2) is 17.5 Å². The third kappa shape index (κ3) is 12.2. The first-order chi connectivity index (χ1) is 28.8. The van der Waals surface area contributed by atoms with Crippen molar-refractivity contribution in [2.75, 3.05) is 34.4 Å². The largest absolute Gasteiger partial charge is 0.444 e. The number of imidazole rings is 3. The van der Waals surface area contributed by atoms with Crippen molar-refractivity contribution in [3.05, 3.63) is 78.7 Å². The van der Waals surface area contributed by atoms with E-state index in [9.17, 15) is 33.6 Å². The molecule has 0 bridgehead atoms. The highest BCUT2D eigenvalue weighted by molar-refractivity contribution is 6.04. The maximum absolute atomic E-state index is 13.2. The van der Waals surface area contributed by atoms with E-state index in [1.165, 1.54) is 50.8 Å². The van der Waals surface area contributed by atoms with Gasteiger partial charge in [-0.25, -0.2) is 19.7 Å². The molecule has 0 saturated carbocycles. The fourth-order valence-electron chi connectivity index (χ4n) is 5.83. The van der Waals surface area contributed by atoms with Gasteiger partial charge in [-0.1, -0.05) is 0 Å². The number of rotatable bonds is 16. The molecule has 0 aliphatic heterocycles. The number of hydrogen-bond donors (Lipinski definition) is 7. The van der Waals surface area contributed by atoms with Gasteiger partial charge in [0, 0.05) is 91.9 Å². The second-order valence-corrected chi connectivity index (χ2v) is 15.0. The normalized spacial score (nSPS) is 11.6. The van der Waals surface area contributed by atoms with Gasteiger partial charge in [0.2, 0.25) is 17.6 Å². The number of anilines is 4. The molecule has 0 saturated heterocycles. The molecule has 0 radical (unpaired) electrons. The van der Waals surface area contributed by atoms with Crippen molar-refractivity contribution in [2.24, 2.45) is 35.2 Å². The van der Waals surface area contributed by atoms with Gasteiger partial charge in [0.25, 0.3) is 23.6 Å². The Morgan fingerprint density at radius 2 is 1.28 bits per heavy atom. The van der Waals surface area contributed by atoms with Crippen LogP contribution >= 0.6 is 0 Å². The molecule has 324 valence electrons. The van der Waals surface area contributed by atoms with Crippen LogP contribution in [0.1, 0.15) is 75.8 Å². The first-order valence-electron chi connectivity index (χ1n) is 18.9. The summed E-state index contributed by atoms with van der Waals surface area (Å²) in [4.78, 5) is 102. The van der Waals surface area contributed by atoms with E-state index in [-0.39, 0.29) is 66.3 Å². The third-order valence-corrected chi connectivity index (χ3v) is 8.68. The van der Waals surface area contributed by atoms with Gasteiger partial charge in [-0.3, -0.25) is 28.8 Å². The second-order valence-electron chi connectivity index (χ2n) is 15.0. The topological polar surface area (TPSA) is 276 Å². The lowest BCUT2D eigenvalue weighted by atomic mass is 10.2. The van der Waals surface area contributed by atoms with E-state index < -0.39 is 53.2 Å². The Labute approximate surface area is 349 Å². The molecule has 0 aliphatic rings. The molecule has 5 aromatic heterocycles. The molecule has 0 unspecified atom stereocenters. The van der Waals surface area contributed by atoms with Crippen LogP contribution in [0.15, 0.2) is 55.6 Å². The van der Waals surface area contributed by atoms with Crippen molar-refractivity contribution >= 4 is 64.5 Å². The summed E-state index contributed by atoms with van der Waals surface area (Å²) in [6.07, 6.45) is 9.87. The van der Waals surface area contributed by atoms with E-state index in [1.807, 2.05) is 0 Å². The van der Waals surface area contributed by atoms with Gasteiger partial charge in [0.05, 0.1) is 17.7 Å². The van der Waals surface area contributed by atoms with Crippen LogP contribution in [0.5, 0.6) is 0 Å². The van der Waals surface area contributed by atoms with E-state index >= 15 is 0 Å². The Morgan fingerprint density at radius 3 is 1.84 bits per heavy atom. The highest BCUT2D eigenvalue weighted by atomic mass is 16.6. The molecule has 23 nitrogen and oxygen atoms in total. The molecule has 61 heavy (non-hydrogen) atoms. The summed E-state index contributed by atoms with van der Waals surface area (Å²) in [6.45, 7) is 5.04. The number of carbonyl (C=O) groups is 7. The minimum atomic E-state index is -1.08. The molecule has 7 amide bonds. The summed E-state index contributed by atoms with van der Waals surface area (Å²) in [5, 5.41) is 18.6. The number of aromatic nitrogens is 8. The number of hydrogen-bond acceptors (Lipinski definition) is 11. The Morgan fingerprint density at radius 1 is 0.672 bits per heavy atom. The van der Waals surface area contributed by atoms with E-state index in [0.29, 0.717) is 5.69 Å². The molecule has 0 aliphatic carbocycles. The number of alkyl carbamates (subject to hydrolysis) is 1. The maximum atomic E-state index is 13.2. The summed E-state index contributed by atoms with van der Waals surface area (Å²) in [6, 6.07) is 1.87. The molecule has 5 aromatic rings. The number of carbonyl (C=O) groups excluding carboxylic acids is 7. The van der Waals surface area contributed by atoms with Crippen molar-refractivity contribution in [3.63, 3.8) is 0 Å². The molecule has 0 fully saturated rings. The van der Waals surface area contributed by atoms with Crippen LogP contribution in [0, 0.1) is 0 Å². The van der Waals surface area contributed by atoms with Gasteiger partial charge in [-0.15, -0.1) is 0 Å². The molecule has 7 N–H and O–H groups in total. The number of nitrogens with zero attached hydrogens (tertiary/aromatic N) is 8. The smallest absolute Gasteiger partial charge is 0.408 e. The number of ether oxygens (including phenoxy) is 1. The monoisotopic (exact) mass is 843 g/mol. The fourth-order valence-corrected chi connectivity index (χ4v) is 5.83. The van der Waals surface area contributed by atoms with Crippen LogP contribution in [0.4, 0.5) is 27.8 Å². The highest BCUT2D eigenvalue weighted by Crippen LogP contribution is 2.17. The predicted octanol–water partition coefficient (Wildman–Crippen LogP) is 1.48. The molecule has 5 heterocycles. The lowest BCUT2D eigenvalue weighted by Gasteiger charge is -2.23. The van der Waals surface area contributed by atoms with Gasteiger partial charge in [-0.2, -0.15) is 0 Å². The average Bonchev–Trinajstić information content (AvgIpc) is 4.00. The Bertz CT molecular complexity index is 2440. The zero-order valence-electron chi connectivity index (χ0n) is 34.9. The maximum Gasteiger partial charge on any atom is 0.408 e. The fraction of sp³-hybridized carbons (Fsp3) is 0.368. The van der Waals surface area contributed by atoms with Gasteiger partial charge in [0.1, 0.15) is 23.0 Å². The van der Waals surface area contributed by atoms with Gasteiger partial charge >= 0.3 is 6.09 Å². The van der Waals surface area contributed by atoms with Crippen LogP contribution in [0.3, 0.4) is 0 Å². The Kier molecular flexibility index (Phi) is 13.8. The second kappa shape index (κ2) is 18.9. The van der Waals surface area contributed by atoms with Crippen molar-refractivity contribution in [1.82, 2.24) is 53.7 Å². The summed E-state index contributed by atoms with van der Waals surface area (Å²) in [5.41, 5.74) is 0.304. The molecule has 0 spiro atoms. The van der Waals surface area contributed by atoms with Crippen molar-refractivity contribution in [3.8, 4) is 0 Å². The minimum absolute atomic E-state index is 0.00883. The molecular formula is C38H49N15O8. The zero-order chi connectivity index (χ0) is 44.6. The number of aryl methyl sites for hydroxylation is 5. The summed E-state index contributed by atoms with van der Waals surface area (Å²) < 4.78 is 13.0. The van der Waals surface area contributed by atoms with Crippen molar-refractivity contribution in [1.29, 1.82) is 0 Å². The van der Waals surface area contributed by atoms with Crippen molar-refractivity contribution in [2.45, 2.75) is 45.3 Å². The highest BCUT2D eigenvalue weighted by Gasteiger charge is 2.26. The summed E-state index contributed by atoms with van der Waals surface area (Å²) in [5.74, 6) is -2.53. The lowest BCUT2D eigenvalue weighted by Crippen LogP contribution is -2.47. The van der Waals surface area contributed by atoms with Crippen LogP contribution in [-0.4, -0.2) is 104 Å². The Hall–Kier alpha value is -7.72. The molecule has 5 rings (SSSR count). The van der Waals surface area contributed by atoms with Crippen molar-refractivity contribution < 1.29 is 38.3 Å². The van der Waals surface area contributed by atoms with Crippen LogP contribution in [-0.2, 0) is 49.6 Å². The molecular weight excluding hydrogens is 795 g/mol. The summed E-state index contributed by atoms with van der Waals surface area (Å²) in [7, 11) is 8.24. The SMILES string of the molecule is Cn1cnc(NC(=O)[C@@H](CCNC(=O)c2cc(NC(=O)c3nc(NC(=O)CCNC(=O)c4cc(NC(=O)c5nccn5C)cn4C)cn3C)cn2C)NC(=O)OC(C)(C)C)c1. The van der Waals surface area contributed by atoms with Crippen LogP contribution < -0.4 is 37.2 Å². The lowest BCUT2D eigenvalue weighted by molar-refractivity contribution is -0.118. The average molecular weight is 844 g/mol. The van der Waals surface area contributed by atoms with Gasteiger partial charge < -0.3 is 64.8 Å². The summed E-state index contributed by atoms with van der Waals surface area (Å²) >= 11 is 0. The number of nitrogens with one attached hydrogen (secondary N) is 7. The quantitative estimate of drug-likeness (QED) is 0.0747. The van der Waals surface area contributed by atoms with E-state index in [2.05, 4.69) is 52.2 Å². The first-order valence-corrected chi connectivity index (χ1v) is 18.9. The minimum Gasteiger partial charge on any atom is -0.444 e. The Balaban J connectivity index is 1.09. The molecule has 1 atom stereocenters. The van der Waals surface area contributed by atoms with E-state index in [0.717, 1.165) is 0 Å². The zero-order valence-corrected chi connectivity index (χ0v) is 34.9. The third-order valence-electron chi connectivity index (χ3n) is 8.68. The number of amides is 7.